The summed E-state index contributed by atoms with van der Waals surface area (Å²) in [5.41, 5.74) is 7.04. The molecule has 19 heavy (non-hydrogen) atoms. The predicted molar refractivity (Wildman–Crippen MR) is 66.8 cm³/mol. The zero-order valence-corrected chi connectivity index (χ0v) is 10.8. The molecule has 5 heteroatoms. The van der Waals surface area contributed by atoms with Crippen LogP contribution in [0.25, 0.3) is 0 Å². The first-order chi connectivity index (χ1) is 8.76. The van der Waals surface area contributed by atoms with Crippen LogP contribution >= 0.6 is 0 Å². The third-order valence-electron chi connectivity index (χ3n) is 3.60. The van der Waals surface area contributed by atoms with Crippen molar-refractivity contribution in [3.05, 3.63) is 29.8 Å². The molecule has 0 aromatic heterocycles. The van der Waals surface area contributed by atoms with Crippen molar-refractivity contribution in [3.8, 4) is 5.75 Å². The van der Waals surface area contributed by atoms with Crippen LogP contribution in [0.15, 0.2) is 24.3 Å². The second-order valence-corrected chi connectivity index (χ2v) is 5.58. The van der Waals surface area contributed by atoms with Gasteiger partial charge in [0.1, 0.15) is 5.75 Å². The summed E-state index contributed by atoms with van der Waals surface area (Å²) in [5.74, 6) is 0.431. The number of rotatable bonds is 3. The lowest BCUT2D eigenvalue weighted by molar-refractivity contribution is -0.274. The summed E-state index contributed by atoms with van der Waals surface area (Å²) in [7, 11) is 0. The Morgan fingerprint density at radius 1 is 1.32 bits per heavy atom. The minimum absolute atomic E-state index is 0.192. The summed E-state index contributed by atoms with van der Waals surface area (Å²) >= 11 is 0. The molecule has 1 aliphatic carbocycles. The average Bonchev–Trinajstić information content (AvgIpc) is 2.59. The van der Waals surface area contributed by atoms with Crippen LogP contribution < -0.4 is 10.5 Å². The van der Waals surface area contributed by atoms with Gasteiger partial charge in [-0.1, -0.05) is 19.1 Å². The number of halogens is 3. The van der Waals surface area contributed by atoms with Gasteiger partial charge in [-0.2, -0.15) is 0 Å². The molecular weight excluding hydrogens is 255 g/mol. The molecule has 0 spiro atoms. The molecule has 1 saturated carbocycles. The van der Waals surface area contributed by atoms with Crippen molar-refractivity contribution in [3.63, 3.8) is 0 Å². The molecule has 0 aliphatic heterocycles. The molecule has 0 saturated heterocycles. The van der Waals surface area contributed by atoms with Gasteiger partial charge in [-0.05, 0) is 49.3 Å². The highest BCUT2D eigenvalue weighted by Crippen LogP contribution is 2.35. The summed E-state index contributed by atoms with van der Waals surface area (Å²) in [6.45, 7) is 2.18. The fourth-order valence-corrected chi connectivity index (χ4v) is 2.81. The van der Waals surface area contributed by atoms with Gasteiger partial charge in [0.05, 0.1) is 0 Å². The Labute approximate surface area is 110 Å². The molecule has 2 unspecified atom stereocenters. The molecule has 0 bridgehead atoms. The summed E-state index contributed by atoms with van der Waals surface area (Å²) in [6, 6.07) is 5.98. The molecule has 2 rings (SSSR count). The fraction of sp³-hybridized carbons (Fsp3) is 0.571. The molecule has 1 aromatic rings. The maximum absolute atomic E-state index is 12.0. The van der Waals surface area contributed by atoms with Gasteiger partial charge in [0.2, 0.25) is 0 Å². The Morgan fingerprint density at radius 3 is 2.42 bits per heavy atom. The van der Waals surface area contributed by atoms with Crippen LogP contribution in [0.2, 0.25) is 0 Å². The van der Waals surface area contributed by atoms with E-state index in [1.54, 1.807) is 12.1 Å². The van der Waals surface area contributed by atoms with Crippen LogP contribution in [0.1, 0.15) is 31.7 Å². The second kappa shape index (κ2) is 5.04. The lowest BCUT2D eigenvalue weighted by atomic mass is 9.89. The molecular formula is C14H18F3NO. The lowest BCUT2D eigenvalue weighted by Gasteiger charge is -2.24. The summed E-state index contributed by atoms with van der Waals surface area (Å²) < 4.78 is 39.9. The van der Waals surface area contributed by atoms with Crippen molar-refractivity contribution in [2.24, 2.45) is 11.7 Å². The first-order valence-electron chi connectivity index (χ1n) is 6.39. The average molecular weight is 273 g/mol. The highest BCUT2D eigenvalue weighted by molar-refractivity contribution is 5.28. The number of benzene rings is 1. The maximum Gasteiger partial charge on any atom is 0.573 e. The minimum Gasteiger partial charge on any atom is -0.406 e. The van der Waals surface area contributed by atoms with E-state index in [1.807, 2.05) is 0 Å². The van der Waals surface area contributed by atoms with E-state index < -0.39 is 6.36 Å². The van der Waals surface area contributed by atoms with Gasteiger partial charge in [0.25, 0.3) is 0 Å². The molecule has 1 fully saturated rings. The van der Waals surface area contributed by atoms with Crippen molar-refractivity contribution in [1.29, 1.82) is 0 Å². The van der Waals surface area contributed by atoms with Gasteiger partial charge < -0.3 is 10.5 Å². The molecule has 0 heterocycles. The first-order valence-corrected chi connectivity index (χ1v) is 6.39. The Kier molecular flexibility index (Phi) is 3.76. The van der Waals surface area contributed by atoms with E-state index in [-0.39, 0.29) is 11.3 Å². The molecule has 0 amide bonds. The van der Waals surface area contributed by atoms with E-state index >= 15 is 0 Å². The topological polar surface area (TPSA) is 35.2 Å². The van der Waals surface area contributed by atoms with Gasteiger partial charge in [-0.25, -0.2) is 0 Å². The van der Waals surface area contributed by atoms with Gasteiger partial charge in [0, 0.05) is 5.54 Å². The molecule has 106 valence electrons. The van der Waals surface area contributed by atoms with Crippen LogP contribution in [0.3, 0.4) is 0 Å². The first kappa shape index (κ1) is 14.2. The summed E-state index contributed by atoms with van der Waals surface area (Å²) in [5, 5.41) is 0. The number of ether oxygens (including phenoxy) is 1. The Hall–Kier alpha value is -1.23. The summed E-state index contributed by atoms with van der Waals surface area (Å²) in [4.78, 5) is 0. The highest BCUT2D eigenvalue weighted by atomic mass is 19.4. The molecule has 2 nitrogen and oxygen atoms in total. The summed E-state index contributed by atoms with van der Waals surface area (Å²) in [6.07, 6.45) is -0.893. The maximum atomic E-state index is 12.0. The lowest BCUT2D eigenvalue weighted by Crippen LogP contribution is -2.39. The van der Waals surface area contributed by atoms with E-state index in [0.717, 1.165) is 24.8 Å². The smallest absolute Gasteiger partial charge is 0.406 e. The zero-order chi connectivity index (χ0) is 14.1. The minimum atomic E-state index is -4.64. The van der Waals surface area contributed by atoms with Gasteiger partial charge in [-0.3, -0.25) is 0 Å². The Bertz CT molecular complexity index is 429. The number of hydrogen-bond donors (Lipinski definition) is 1. The van der Waals surface area contributed by atoms with E-state index in [2.05, 4.69) is 11.7 Å². The van der Waals surface area contributed by atoms with Crippen LogP contribution in [0.4, 0.5) is 13.2 Å². The van der Waals surface area contributed by atoms with E-state index in [9.17, 15) is 13.2 Å². The van der Waals surface area contributed by atoms with Crippen LogP contribution in [-0.2, 0) is 6.42 Å². The fourth-order valence-electron chi connectivity index (χ4n) is 2.81. The van der Waals surface area contributed by atoms with Crippen LogP contribution in [0.5, 0.6) is 5.75 Å². The van der Waals surface area contributed by atoms with Gasteiger partial charge in [0.15, 0.2) is 0 Å². The quantitative estimate of drug-likeness (QED) is 0.912. The Balaban J connectivity index is 1.99. The number of nitrogens with two attached hydrogens (primary N) is 1. The molecule has 0 radical (unpaired) electrons. The predicted octanol–water partition coefficient (Wildman–Crippen LogP) is 3.65. The third kappa shape index (κ3) is 4.13. The highest BCUT2D eigenvalue weighted by Gasteiger charge is 2.34. The number of hydrogen-bond acceptors (Lipinski definition) is 2. The Morgan fingerprint density at radius 2 is 1.95 bits per heavy atom. The number of alkyl halides is 3. The molecule has 1 aliphatic rings. The second-order valence-electron chi connectivity index (χ2n) is 5.58. The van der Waals surface area contributed by atoms with Gasteiger partial charge >= 0.3 is 6.36 Å². The van der Waals surface area contributed by atoms with E-state index in [0.29, 0.717) is 12.3 Å². The van der Waals surface area contributed by atoms with Crippen molar-refractivity contribution in [2.45, 2.75) is 44.5 Å². The van der Waals surface area contributed by atoms with E-state index in [4.69, 9.17) is 5.73 Å². The van der Waals surface area contributed by atoms with Crippen molar-refractivity contribution in [1.82, 2.24) is 0 Å². The van der Waals surface area contributed by atoms with Gasteiger partial charge in [-0.15, -0.1) is 13.2 Å². The normalized spacial score (nSPS) is 27.5. The van der Waals surface area contributed by atoms with Crippen molar-refractivity contribution >= 4 is 0 Å². The van der Waals surface area contributed by atoms with Crippen molar-refractivity contribution < 1.29 is 17.9 Å². The third-order valence-corrected chi connectivity index (χ3v) is 3.60. The standard InChI is InChI=1S/C14H18F3NO/c1-10-6-7-13(18,8-10)9-11-2-4-12(5-3-11)19-14(15,16)17/h2-5,10H,6-9,18H2,1H3. The van der Waals surface area contributed by atoms with Crippen LogP contribution in [-0.4, -0.2) is 11.9 Å². The van der Waals surface area contributed by atoms with Crippen molar-refractivity contribution in [2.75, 3.05) is 0 Å². The molecule has 1 aromatic carbocycles. The largest absolute Gasteiger partial charge is 0.573 e. The monoisotopic (exact) mass is 273 g/mol. The molecule has 2 N–H and O–H groups in total. The zero-order valence-electron chi connectivity index (χ0n) is 10.8. The van der Waals surface area contributed by atoms with Crippen LogP contribution in [0, 0.1) is 5.92 Å². The van der Waals surface area contributed by atoms with E-state index in [1.165, 1.54) is 12.1 Å². The SMILES string of the molecule is CC1CCC(N)(Cc2ccc(OC(F)(F)F)cc2)C1. The molecule has 2 atom stereocenters.